The summed E-state index contributed by atoms with van der Waals surface area (Å²) >= 11 is 0. The minimum absolute atomic E-state index is 0.379. The molecule has 1 aromatic carbocycles. The van der Waals surface area contributed by atoms with Gasteiger partial charge in [-0.15, -0.1) is 0 Å². The Hall–Kier alpha value is -1.39. The van der Waals surface area contributed by atoms with Gasteiger partial charge in [-0.3, -0.25) is 4.68 Å². The van der Waals surface area contributed by atoms with Gasteiger partial charge >= 0.3 is 0 Å². The highest BCUT2D eigenvalue weighted by molar-refractivity contribution is 5.81. The highest BCUT2D eigenvalue weighted by Gasteiger charge is 2.13. The Bertz CT molecular complexity index is 521. The number of aliphatic hydroxyl groups excluding tert-OH is 1. The van der Waals surface area contributed by atoms with Crippen molar-refractivity contribution in [1.82, 2.24) is 15.1 Å². The zero-order chi connectivity index (χ0) is 13.7. The molecule has 0 radical (unpaired) electrons. The molecule has 19 heavy (non-hydrogen) atoms. The average molecular weight is 261 g/mol. The van der Waals surface area contributed by atoms with E-state index in [0.29, 0.717) is 13.0 Å². The predicted molar refractivity (Wildman–Crippen MR) is 78.3 cm³/mol. The zero-order valence-electron chi connectivity index (χ0n) is 11.8. The maximum atomic E-state index is 10.1. The first-order valence-corrected chi connectivity index (χ1v) is 7.09. The molecule has 4 heteroatoms. The van der Waals surface area contributed by atoms with Crippen LogP contribution in [0, 0.1) is 0 Å². The first-order chi connectivity index (χ1) is 9.26. The molecule has 104 valence electrons. The topological polar surface area (TPSA) is 50.1 Å². The molecule has 1 heterocycles. The number of aryl methyl sites for hydroxylation is 1. The van der Waals surface area contributed by atoms with Crippen molar-refractivity contribution in [2.24, 2.45) is 0 Å². The summed E-state index contributed by atoms with van der Waals surface area (Å²) in [4.78, 5) is 0. The molecule has 0 saturated carbocycles. The Morgan fingerprint density at radius 3 is 2.84 bits per heavy atom. The first kappa shape index (κ1) is 14.0. The normalized spacial score (nSPS) is 13.0. The van der Waals surface area contributed by atoms with E-state index >= 15 is 0 Å². The fourth-order valence-corrected chi connectivity index (χ4v) is 2.33. The van der Waals surface area contributed by atoms with Gasteiger partial charge in [-0.25, -0.2) is 0 Å². The standard InChI is InChI=1S/C15H23N3O/c1-3-9-16-11-12(19)10-14-13-7-5-6-8-15(13)18(4-2)17-14/h5-8,12,16,19H,3-4,9-11H2,1-2H3. The monoisotopic (exact) mass is 261 g/mol. The number of hydrogen-bond donors (Lipinski definition) is 2. The van der Waals surface area contributed by atoms with Crippen molar-refractivity contribution >= 4 is 10.9 Å². The molecule has 0 aliphatic heterocycles. The average Bonchev–Trinajstić information content (AvgIpc) is 2.77. The van der Waals surface area contributed by atoms with Crippen molar-refractivity contribution in [3.05, 3.63) is 30.0 Å². The van der Waals surface area contributed by atoms with Gasteiger partial charge in [-0.1, -0.05) is 25.1 Å². The third-order valence-corrected chi connectivity index (χ3v) is 3.27. The molecule has 2 aromatic rings. The van der Waals surface area contributed by atoms with Crippen molar-refractivity contribution in [2.75, 3.05) is 13.1 Å². The van der Waals surface area contributed by atoms with Gasteiger partial charge in [0.1, 0.15) is 0 Å². The number of hydrogen-bond acceptors (Lipinski definition) is 3. The number of fused-ring (bicyclic) bond motifs is 1. The van der Waals surface area contributed by atoms with Gasteiger partial charge in [0.15, 0.2) is 0 Å². The van der Waals surface area contributed by atoms with Gasteiger partial charge in [0.05, 0.1) is 17.3 Å². The van der Waals surface area contributed by atoms with Gasteiger partial charge < -0.3 is 10.4 Å². The van der Waals surface area contributed by atoms with Crippen LogP contribution in [0.2, 0.25) is 0 Å². The second-order valence-electron chi connectivity index (χ2n) is 4.84. The van der Waals surface area contributed by atoms with Gasteiger partial charge in [0.2, 0.25) is 0 Å². The van der Waals surface area contributed by atoms with Gasteiger partial charge in [-0.05, 0) is 26.0 Å². The summed E-state index contributed by atoms with van der Waals surface area (Å²) in [6, 6.07) is 8.21. The minimum atomic E-state index is -0.379. The van der Waals surface area contributed by atoms with E-state index in [0.717, 1.165) is 36.1 Å². The minimum Gasteiger partial charge on any atom is -0.391 e. The largest absolute Gasteiger partial charge is 0.391 e. The second kappa shape index (κ2) is 6.68. The van der Waals surface area contributed by atoms with Gasteiger partial charge in [-0.2, -0.15) is 5.10 Å². The Labute approximate surface area is 114 Å². The molecule has 0 aliphatic carbocycles. The number of para-hydroxylation sites is 1. The van der Waals surface area contributed by atoms with Crippen LogP contribution in [-0.4, -0.2) is 34.1 Å². The molecule has 1 aromatic heterocycles. The summed E-state index contributed by atoms with van der Waals surface area (Å²) < 4.78 is 2.00. The molecule has 1 atom stereocenters. The fourth-order valence-electron chi connectivity index (χ4n) is 2.33. The SMILES string of the molecule is CCCNCC(O)Cc1nn(CC)c2ccccc12. The molecule has 4 nitrogen and oxygen atoms in total. The number of nitrogens with one attached hydrogen (secondary N) is 1. The Balaban J connectivity index is 2.12. The van der Waals surface area contributed by atoms with E-state index in [4.69, 9.17) is 0 Å². The molecule has 0 aliphatic rings. The highest BCUT2D eigenvalue weighted by Crippen LogP contribution is 2.19. The van der Waals surface area contributed by atoms with Crippen molar-refractivity contribution in [3.8, 4) is 0 Å². The van der Waals surface area contributed by atoms with Crippen LogP contribution in [0.15, 0.2) is 24.3 Å². The smallest absolute Gasteiger partial charge is 0.0729 e. The third kappa shape index (κ3) is 3.33. The molecule has 0 bridgehead atoms. The number of rotatable bonds is 7. The number of aliphatic hydroxyl groups is 1. The molecule has 0 saturated heterocycles. The van der Waals surface area contributed by atoms with Crippen LogP contribution in [0.1, 0.15) is 26.0 Å². The number of benzene rings is 1. The molecule has 0 fully saturated rings. The van der Waals surface area contributed by atoms with Gasteiger partial charge in [0.25, 0.3) is 0 Å². The van der Waals surface area contributed by atoms with Crippen LogP contribution in [0.3, 0.4) is 0 Å². The molecule has 2 rings (SSSR count). The van der Waals surface area contributed by atoms with Crippen LogP contribution < -0.4 is 5.32 Å². The van der Waals surface area contributed by atoms with Crippen LogP contribution >= 0.6 is 0 Å². The summed E-state index contributed by atoms with van der Waals surface area (Å²) in [7, 11) is 0. The quantitative estimate of drug-likeness (QED) is 0.749. The van der Waals surface area contributed by atoms with Crippen LogP contribution in [0.25, 0.3) is 10.9 Å². The van der Waals surface area contributed by atoms with Crippen molar-refractivity contribution in [1.29, 1.82) is 0 Å². The van der Waals surface area contributed by atoms with Crippen molar-refractivity contribution in [3.63, 3.8) is 0 Å². The van der Waals surface area contributed by atoms with E-state index in [1.165, 1.54) is 0 Å². The highest BCUT2D eigenvalue weighted by atomic mass is 16.3. The van der Waals surface area contributed by atoms with Crippen molar-refractivity contribution in [2.45, 2.75) is 39.3 Å². The maximum Gasteiger partial charge on any atom is 0.0729 e. The lowest BCUT2D eigenvalue weighted by Gasteiger charge is -2.09. The first-order valence-electron chi connectivity index (χ1n) is 7.09. The molecule has 1 unspecified atom stereocenters. The van der Waals surface area contributed by atoms with E-state index in [1.54, 1.807) is 0 Å². The van der Waals surface area contributed by atoms with Gasteiger partial charge in [0, 0.05) is 24.9 Å². The fraction of sp³-hybridized carbons (Fsp3) is 0.533. The van der Waals surface area contributed by atoms with E-state index < -0.39 is 0 Å². The molecule has 2 N–H and O–H groups in total. The van der Waals surface area contributed by atoms with Crippen LogP contribution in [0.5, 0.6) is 0 Å². The number of nitrogens with zero attached hydrogens (tertiary/aromatic N) is 2. The third-order valence-electron chi connectivity index (χ3n) is 3.27. The van der Waals surface area contributed by atoms with E-state index in [9.17, 15) is 5.11 Å². The predicted octanol–water partition coefficient (Wildman–Crippen LogP) is 1.96. The Morgan fingerprint density at radius 2 is 2.11 bits per heavy atom. The molecular weight excluding hydrogens is 238 g/mol. The molecule has 0 amide bonds. The zero-order valence-corrected chi connectivity index (χ0v) is 11.8. The van der Waals surface area contributed by atoms with E-state index in [2.05, 4.69) is 36.4 Å². The summed E-state index contributed by atoms with van der Waals surface area (Å²) in [5.41, 5.74) is 2.14. The second-order valence-corrected chi connectivity index (χ2v) is 4.84. The summed E-state index contributed by atoms with van der Waals surface area (Å²) in [5, 5.41) is 19.1. The van der Waals surface area contributed by atoms with Crippen LogP contribution in [-0.2, 0) is 13.0 Å². The van der Waals surface area contributed by atoms with E-state index in [-0.39, 0.29) is 6.10 Å². The summed E-state index contributed by atoms with van der Waals surface area (Å²) in [6.07, 6.45) is 1.31. The van der Waals surface area contributed by atoms with Crippen molar-refractivity contribution < 1.29 is 5.11 Å². The Morgan fingerprint density at radius 1 is 1.32 bits per heavy atom. The molecular formula is C15H23N3O. The lowest BCUT2D eigenvalue weighted by Crippen LogP contribution is -2.29. The summed E-state index contributed by atoms with van der Waals surface area (Å²) in [5.74, 6) is 0. The lowest BCUT2D eigenvalue weighted by atomic mass is 10.1. The molecule has 0 spiro atoms. The Kier molecular flexibility index (Phi) is 4.93. The lowest BCUT2D eigenvalue weighted by molar-refractivity contribution is 0.171. The van der Waals surface area contributed by atoms with Crippen LogP contribution in [0.4, 0.5) is 0 Å². The summed E-state index contributed by atoms with van der Waals surface area (Å²) in [6.45, 7) is 6.63. The maximum absolute atomic E-state index is 10.1. The number of aromatic nitrogens is 2. The van der Waals surface area contributed by atoms with E-state index in [1.807, 2.05) is 16.8 Å².